The van der Waals surface area contributed by atoms with Crippen molar-refractivity contribution in [3.63, 3.8) is 0 Å². The average molecular weight is 248 g/mol. The third-order valence-corrected chi connectivity index (χ3v) is 3.91. The number of fused-ring (bicyclic) bond motifs is 1. The summed E-state index contributed by atoms with van der Waals surface area (Å²) in [4.78, 5) is 11.8. The number of nitrogens with one attached hydrogen (secondary N) is 1. The largest absolute Gasteiger partial charge is 0.477 e. The summed E-state index contributed by atoms with van der Waals surface area (Å²) in [7, 11) is 0. The van der Waals surface area contributed by atoms with Crippen molar-refractivity contribution in [1.29, 1.82) is 0 Å². The van der Waals surface area contributed by atoms with Crippen molar-refractivity contribution in [3.05, 3.63) is 28.3 Å². The van der Waals surface area contributed by atoms with Crippen molar-refractivity contribution in [2.24, 2.45) is 5.84 Å². The van der Waals surface area contributed by atoms with Gasteiger partial charge in [-0.25, -0.2) is 5.84 Å². The summed E-state index contributed by atoms with van der Waals surface area (Å²) >= 11 is 0. The van der Waals surface area contributed by atoms with Gasteiger partial charge >= 0.3 is 0 Å². The second-order valence-corrected chi connectivity index (χ2v) is 5.25. The Morgan fingerprint density at radius 2 is 2.06 bits per heavy atom. The molecule has 18 heavy (non-hydrogen) atoms. The van der Waals surface area contributed by atoms with E-state index < -0.39 is 5.60 Å². The fourth-order valence-electron chi connectivity index (χ4n) is 2.51. The Morgan fingerprint density at radius 1 is 1.39 bits per heavy atom. The van der Waals surface area contributed by atoms with Crippen LogP contribution in [-0.2, 0) is 11.2 Å². The Hall–Kier alpha value is -1.55. The van der Waals surface area contributed by atoms with Crippen LogP contribution in [0.4, 0.5) is 0 Å². The minimum Gasteiger partial charge on any atom is -0.477 e. The molecule has 1 aliphatic heterocycles. The molecule has 2 rings (SSSR count). The molecule has 0 fully saturated rings. The van der Waals surface area contributed by atoms with E-state index in [9.17, 15) is 4.79 Å². The van der Waals surface area contributed by atoms with Crippen molar-refractivity contribution < 1.29 is 9.53 Å². The minimum absolute atomic E-state index is 0.272. The van der Waals surface area contributed by atoms with Crippen molar-refractivity contribution in [1.82, 2.24) is 5.43 Å². The summed E-state index contributed by atoms with van der Waals surface area (Å²) in [6.07, 6.45) is 1.48. The second kappa shape index (κ2) is 4.28. The predicted molar refractivity (Wildman–Crippen MR) is 70.3 cm³/mol. The fourth-order valence-corrected chi connectivity index (χ4v) is 2.51. The Bertz CT molecular complexity index is 511. The Labute approximate surface area is 107 Å². The molecule has 0 radical (unpaired) electrons. The molecular formula is C14H20N2O2. The molecule has 1 amide bonds. The topological polar surface area (TPSA) is 64.3 Å². The van der Waals surface area contributed by atoms with Crippen LogP contribution in [-0.4, -0.2) is 11.5 Å². The van der Waals surface area contributed by atoms with E-state index in [1.54, 1.807) is 6.92 Å². The van der Waals surface area contributed by atoms with Gasteiger partial charge in [0, 0.05) is 6.42 Å². The van der Waals surface area contributed by atoms with Crippen LogP contribution in [0.5, 0.6) is 5.75 Å². The number of amides is 1. The molecule has 1 aliphatic rings. The fraction of sp³-hybridized carbons (Fsp3) is 0.500. The smallest absolute Gasteiger partial charge is 0.277 e. The van der Waals surface area contributed by atoms with E-state index in [1.807, 2.05) is 6.92 Å². The number of hydrazine groups is 1. The van der Waals surface area contributed by atoms with Crippen molar-refractivity contribution in [2.45, 2.75) is 46.1 Å². The highest BCUT2D eigenvalue weighted by Gasteiger charge is 2.39. The van der Waals surface area contributed by atoms with Gasteiger partial charge in [0.2, 0.25) is 0 Å². The number of hydrogen-bond donors (Lipinski definition) is 2. The molecule has 0 saturated carbocycles. The zero-order valence-electron chi connectivity index (χ0n) is 11.4. The maximum absolute atomic E-state index is 11.8. The molecule has 1 unspecified atom stereocenters. The van der Waals surface area contributed by atoms with Crippen LogP contribution in [0, 0.1) is 20.8 Å². The predicted octanol–water partition coefficient (Wildman–Crippen LogP) is 1.69. The lowest BCUT2D eigenvalue weighted by Crippen LogP contribution is -2.53. The number of aryl methyl sites for hydroxylation is 2. The molecule has 0 aromatic heterocycles. The highest BCUT2D eigenvalue weighted by atomic mass is 16.5. The summed E-state index contributed by atoms with van der Waals surface area (Å²) in [5, 5.41) is 0. The summed E-state index contributed by atoms with van der Waals surface area (Å²) in [6.45, 7) is 7.95. The third kappa shape index (κ3) is 1.86. The van der Waals surface area contributed by atoms with Gasteiger partial charge in [0.1, 0.15) is 5.75 Å². The molecule has 1 heterocycles. The van der Waals surface area contributed by atoms with E-state index in [2.05, 4.69) is 25.3 Å². The van der Waals surface area contributed by atoms with E-state index in [4.69, 9.17) is 10.6 Å². The number of ether oxygens (including phenoxy) is 1. The number of benzene rings is 1. The van der Waals surface area contributed by atoms with Crippen LogP contribution >= 0.6 is 0 Å². The third-order valence-electron chi connectivity index (χ3n) is 3.91. The van der Waals surface area contributed by atoms with Crippen molar-refractivity contribution in [3.8, 4) is 5.75 Å². The molecule has 0 aliphatic carbocycles. The Balaban J connectivity index is 2.49. The first kappa shape index (κ1) is 12.9. The zero-order valence-corrected chi connectivity index (χ0v) is 11.4. The molecule has 4 heteroatoms. The number of rotatable bonds is 1. The van der Waals surface area contributed by atoms with Crippen molar-refractivity contribution in [2.75, 3.05) is 0 Å². The van der Waals surface area contributed by atoms with Gasteiger partial charge in [-0.1, -0.05) is 6.07 Å². The standard InChI is InChI=1S/C14H20N2O2/c1-8-7-9(2)11-5-6-14(4,13(17)16-15)18-12(11)10(8)3/h7H,5-6,15H2,1-4H3,(H,16,17). The van der Waals surface area contributed by atoms with Gasteiger partial charge in [-0.15, -0.1) is 0 Å². The molecule has 0 spiro atoms. The Morgan fingerprint density at radius 3 is 2.67 bits per heavy atom. The molecule has 0 saturated heterocycles. The first-order chi connectivity index (χ1) is 8.39. The Kier molecular flexibility index (Phi) is 3.07. The van der Waals surface area contributed by atoms with Crippen LogP contribution in [0.3, 0.4) is 0 Å². The molecule has 0 bridgehead atoms. The van der Waals surface area contributed by atoms with E-state index >= 15 is 0 Å². The van der Waals surface area contributed by atoms with E-state index in [0.29, 0.717) is 6.42 Å². The number of nitrogens with two attached hydrogens (primary N) is 1. The van der Waals surface area contributed by atoms with Gasteiger partial charge in [0.05, 0.1) is 0 Å². The molecule has 1 aromatic carbocycles. The normalized spacial score (nSPS) is 22.1. The highest BCUT2D eigenvalue weighted by molar-refractivity contribution is 5.85. The van der Waals surface area contributed by atoms with Gasteiger partial charge in [-0.3, -0.25) is 10.2 Å². The lowest BCUT2D eigenvalue weighted by Gasteiger charge is -2.35. The lowest BCUT2D eigenvalue weighted by molar-refractivity contribution is -0.137. The average Bonchev–Trinajstić information content (AvgIpc) is 2.34. The number of carbonyl (C=O) groups excluding carboxylic acids is 1. The SMILES string of the molecule is Cc1cc(C)c2c(c1C)OC(C)(C(=O)NN)CC2. The summed E-state index contributed by atoms with van der Waals surface area (Å²) in [5.41, 5.74) is 6.04. The molecule has 3 N–H and O–H groups in total. The van der Waals surface area contributed by atoms with Crippen molar-refractivity contribution >= 4 is 5.91 Å². The highest BCUT2D eigenvalue weighted by Crippen LogP contribution is 2.39. The first-order valence-electron chi connectivity index (χ1n) is 6.19. The minimum atomic E-state index is -0.868. The van der Waals surface area contributed by atoms with Gasteiger partial charge < -0.3 is 4.74 Å². The number of hydrogen-bond acceptors (Lipinski definition) is 3. The quantitative estimate of drug-likeness (QED) is 0.451. The summed E-state index contributed by atoms with van der Waals surface area (Å²) in [5.74, 6) is 5.81. The maximum atomic E-state index is 11.8. The second-order valence-electron chi connectivity index (χ2n) is 5.25. The van der Waals surface area contributed by atoms with Gasteiger partial charge in [0.25, 0.3) is 5.91 Å². The number of carbonyl (C=O) groups is 1. The van der Waals surface area contributed by atoms with E-state index in [0.717, 1.165) is 17.7 Å². The van der Waals surface area contributed by atoms with Crippen LogP contribution in [0.2, 0.25) is 0 Å². The van der Waals surface area contributed by atoms with E-state index in [1.165, 1.54) is 16.7 Å². The van der Waals surface area contributed by atoms with Gasteiger partial charge in [-0.2, -0.15) is 0 Å². The van der Waals surface area contributed by atoms with E-state index in [-0.39, 0.29) is 5.91 Å². The van der Waals surface area contributed by atoms with Gasteiger partial charge in [0.15, 0.2) is 5.60 Å². The van der Waals surface area contributed by atoms with Crippen LogP contribution in [0.15, 0.2) is 6.07 Å². The van der Waals surface area contributed by atoms with Crippen LogP contribution in [0.25, 0.3) is 0 Å². The maximum Gasteiger partial charge on any atom is 0.277 e. The molecule has 98 valence electrons. The lowest BCUT2D eigenvalue weighted by atomic mass is 9.87. The monoisotopic (exact) mass is 248 g/mol. The first-order valence-corrected chi connectivity index (χ1v) is 6.19. The molecular weight excluding hydrogens is 228 g/mol. The zero-order chi connectivity index (χ0) is 13.5. The van der Waals surface area contributed by atoms with Gasteiger partial charge in [-0.05, 0) is 56.4 Å². The summed E-state index contributed by atoms with van der Waals surface area (Å²) in [6, 6.07) is 2.17. The molecule has 1 atom stereocenters. The van der Waals surface area contributed by atoms with Crippen LogP contribution in [0.1, 0.15) is 35.6 Å². The van der Waals surface area contributed by atoms with Crippen LogP contribution < -0.4 is 16.0 Å². The summed E-state index contributed by atoms with van der Waals surface area (Å²) < 4.78 is 5.97. The molecule has 1 aromatic rings. The molecule has 4 nitrogen and oxygen atoms in total.